The summed E-state index contributed by atoms with van der Waals surface area (Å²) in [6.45, 7) is 14.6. The normalized spacial score (nSPS) is 22.5. The van der Waals surface area contributed by atoms with E-state index in [0.29, 0.717) is 41.8 Å². The van der Waals surface area contributed by atoms with Gasteiger partial charge in [-0.15, -0.1) is 0 Å². The van der Waals surface area contributed by atoms with E-state index in [2.05, 4.69) is 68.3 Å². The highest BCUT2D eigenvalue weighted by atomic mass is 35.5. The third-order valence-electron chi connectivity index (χ3n) is 11.3. The number of halogens is 1. The molecule has 47 heavy (non-hydrogen) atoms. The summed E-state index contributed by atoms with van der Waals surface area (Å²) in [6.07, 6.45) is 8.97. The van der Waals surface area contributed by atoms with Crippen molar-refractivity contribution in [1.82, 2.24) is 4.90 Å². The van der Waals surface area contributed by atoms with Crippen LogP contribution in [-0.2, 0) is 37.2 Å². The van der Waals surface area contributed by atoms with Crippen molar-refractivity contribution in [3.05, 3.63) is 58.1 Å². The molecule has 4 aliphatic rings. The maximum absolute atomic E-state index is 13.9. The summed E-state index contributed by atoms with van der Waals surface area (Å²) in [4.78, 5) is 29.4. The van der Waals surface area contributed by atoms with Crippen LogP contribution in [0.3, 0.4) is 0 Å². The Kier molecular flexibility index (Phi) is 11.5. The second-order valence-corrected chi connectivity index (χ2v) is 20.7. The molecule has 1 amide bonds. The van der Waals surface area contributed by atoms with E-state index >= 15 is 0 Å². The number of anilines is 1. The molecule has 1 saturated carbocycles. The number of hydrogen-bond acceptors (Lipinski definition) is 6. The number of carbonyl (C=O) groups excluding carboxylic acids is 2. The minimum absolute atomic E-state index is 0.0192. The summed E-state index contributed by atoms with van der Waals surface area (Å²) < 4.78 is 18.4. The van der Waals surface area contributed by atoms with Crippen molar-refractivity contribution in [3.63, 3.8) is 0 Å². The maximum Gasteiger partial charge on any atom is 0.316 e. The monoisotopic (exact) mass is 682 g/mol. The van der Waals surface area contributed by atoms with Crippen LogP contribution < -0.4 is 10.1 Å². The van der Waals surface area contributed by atoms with Crippen LogP contribution in [0, 0.1) is 5.92 Å². The predicted molar refractivity (Wildman–Crippen MR) is 192 cm³/mol. The zero-order valence-electron chi connectivity index (χ0n) is 29.4. The molecule has 3 heterocycles. The number of aryl methyl sites for hydroxylation is 1. The Hall–Kier alpha value is -2.39. The number of fused-ring (bicyclic) bond motifs is 3. The number of nitrogens with zero attached hydrogens (tertiary/aromatic N) is 1. The lowest BCUT2D eigenvalue weighted by atomic mass is 9.69. The average molecular weight is 683 g/mol. The predicted octanol–water partition coefficient (Wildman–Crippen LogP) is 8.67. The number of carbonyl (C=O) groups is 2. The number of esters is 1. The topological polar surface area (TPSA) is 77.1 Å². The SMILES string of the molecule is COc1cc(NC(=O)CCCc2cccc(C3(C(=O)OC4CN5CCC4CC5)CCCCC3)c2)c(Cl)cc1CO[Si](C)(C)C(C)(C)C. The standard InChI is InChI=1S/C38H55ClN2O5Si/c1-37(2,3)47(5,6)45-26-29-23-31(39)32(24-33(29)44-4)40-35(42)15-11-13-27-12-10-14-30(22-27)38(18-8-7-9-19-38)36(43)46-34-25-41-20-16-28(34)17-21-41/h10,12,14,22-24,28,34H,7-9,11,13,15-21,25-26H2,1-6H3,(H,40,42). The van der Waals surface area contributed by atoms with E-state index in [0.717, 1.165) is 87.7 Å². The van der Waals surface area contributed by atoms with Crippen molar-refractivity contribution in [2.45, 2.75) is 121 Å². The summed E-state index contributed by atoms with van der Waals surface area (Å²) in [6, 6.07) is 12.1. The van der Waals surface area contributed by atoms with Gasteiger partial charge in [0.15, 0.2) is 8.32 Å². The quantitative estimate of drug-likeness (QED) is 0.178. The molecular formula is C38H55ClN2O5Si. The maximum atomic E-state index is 13.9. The van der Waals surface area contributed by atoms with E-state index in [-0.39, 0.29) is 23.0 Å². The molecule has 0 aromatic heterocycles. The number of rotatable bonds is 12. The first-order valence-electron chi connectivity index (χ1n) is 17.6. The number of hydrogen-bond donors (Lipinski definition) is 1. The number of benzene rings is 2. The van der Waals surface area contributed by atoms with Gasteiger partial charge in [-0.2, -0.15) is 0 Å². The van der Waals surface area contributed by atoms with Gasteiger partial charge in [0.05, 0.1) is 29.8 Å². The van der Waals surface area contributed by atoms with Gasteiger partial charge in [0.25, 0.3) is 0 Å². The van der Waals surface area contributed by atoms with Crippen LogP contribution in [0.4, 0.5) is 5.69 Å². The summed E-state index contributed by atoms with van der Waals surface area (Å²) in [5, 5.41) is 3.54. The largest absolute Gasteiger partial charge is 0.496 e. The van der Waals surface area contributed by atoms with E-state index in [4.69, 9.17) is 25.5 Å². The highest BCUT2D eigenvalue weighted by Crippen LogP contribution is 2.43. The van der Waals surface area contributed by atoms with Gasteiger partial charge in [-0.05, 0) is 92.9 Å². The van der Waals surface area contributed by atoms with Crippen molar-refractivity contribution in [3.8, 4) is 5.75 Å². The minimum atomic E-state index is -1.95. The molecule has 0 spiro atoms. The first-order valence-corrected chi connectivity index (χ1v) is 20.9. The number of methoxy groups -OCH3 is 1. The van der Waals surface area contributed by atoms with Gasteiger partial charge in [0, 0.05) is 24.6 Å². The molecule has 3 saturated heterocycles. The molecule has 0 radical (unpaired) electrons. The molecule has 4 fully saturated rings. The van der Waals surface area contributed by atoms with Crippen molar-refractivity contribution in [2.75, 3.05) is 32.1 Å². The zero-order chi connectivity index (χ0) is 33.8. The van der Waals surface area contributed by atoms with Crippen LogP contribution in [0.2, 0.25) is 23.2 Å². The van der Waals surface area contributed by atoms with E-state index in [9.17, 15) is 9.59 Å². The van der Waals surface area contributed by atoms with E-state index in [1.54, 1.807) is 13.2 Å². The van der Waals surface area contributed by atoms with Gasteiger partial charge in [0.1, 0.15) is 11.9 Å². The van der Waals surface area contributed by atoms with E-state index in [1.165, 1.54) is 0 Å². The number of nitrogens with one attached hydrogen (secondary N) is 1. The second-order valence-electron chi connectivity index (χ2n) is 15.5. The second kappa shape index (κ2) is 15.0. The fourth-order valence-corrected chi connectivity index (χ4v) is 8.40. The molecular weight excluding hydrogens is 628 g/mol. The molecule has 1 atom stereocenters. The van der Waals surface area contributed by atoms with Crippen molar-refractivity contribution >= 4 is 37.5 Å². The Balaban J connectivity index is 1.18. The van der Waals surface area contributed by atoms with Gasteiger partial charge >= 0.3 is 5.97 Å². The highest BCUT2D eigenvalue weighted by Gasteiger charge is 2.46. The fourth-order valence-electron chi connectivity index (χ4n) is 7.22. The van der Waals surface area contributed by atoms with Crippen LogP contribution in [-0.4, -0.2) is 57.9 Å². The van der Waals surface area contributed by atoms with Crippen LogP contribution >= 0.6 is 11.6 Å². The van der Waals surface area contributed by atoms with E-state index < -0.39 is 13.7 Å². The summed E-state index contributed by atoms with van der Waals surface area (Å²) in [7, 11) is -0.333. The first-order chi connectivity index (χ1) is 22.3. The lowest BCUT2D eigenvalue weighted by Crippen LogP contribution is -2.53. The van der Waals surface area contributed by atoms with Crippen LogP contribution in [0.25, 0.3) is 0 Å². The molecule has 9 heteroatoms. The van der Waals surface area contributed by atoms with Crippen LogP contribution in [0.1, 0.15) is 95.2 Å². The molecule has 1 unspecified atom stereocenters. The number of piperidine rings is 3. The molecule has 1 aliphatic carbocycles. The molecule has 258 valence electrons. The number of amides is 1. The smallest absolute Gasteiger partial charge is 0.316 e. The average Bonchev–Trinajstić information content (AvgIpc) is 3.05. The Bertz CT molecular complexity index is 1410. The van der Waals surface area contributed by atoms with Gasteiger partial charge in [-0.3, -0.25) is 14.5 Å². The Morgan fingerprint density at radius 2 is 1.79 bits per heavy atom. The van der Waals surface area contributed by atoms with Gasteiger partial charge < -0.3 is 19.2 Å². The molecule has 1 N–H and O–H groups in total. The first kappa shape index (κ1) is 35.9. The van der Waals surface area contributed by atoms with E-state index in [1.807, 2.05) is 6.07 Å². The summed E-state index contributed by atoms with van der Waals surface area (Å²) >= 11 is 6.63. The highest BCUT2D eigenvalue weighted by molar-refractivity contribution is 6.74. The third-order valence-corrected chi connectivity index (χ3v) is 16.1. The van der Waals surface area contributed by atoms with Crippen molar-refractivity contribution in [1.29, 1.82) is 0 Å². The molecule has 2 bridgehead atoms. The molecule has 7 nitrogen and oxygen atoms in total. The Morgan fingerprint density at radius 1 is 1.06 bits per heavy atom. The van der Waals surface area contributed by atoms with Crippen LogP contribution in [0.5, 0.6) is 5.75 Å². The van der Waals surface area contributed by atoms with Gasteiger partial charge in [0.2, 0.25) is 5.91 Å². The Morgan fingerprint density at radius 3 is 2.43 bits per heavy atom. The summed E-state index contributed by atoms with van der Waals surface area (Å²) in [5.41, 5.74) is 3.04. The lowest BCUT2D eigenvalue weighted by molar-refractivity contribution is -0.167. The molecule has 3 aliphatic heterocycles. The van der Waals surface area contributed by atoms with Crippen molar-refractivity contribution in [2.24, 2.45) is 5.92 Å². The third kappa shape index (κ3) is 8.43. The van der Waals surface area contributed by atoms with Crippen molar-refractivity contribution < 1.29 is 23.5 Å². The minimum Gasteiger partial charge on any atom is -0.496 e. The van der Waals surface area contributed by atoms with Gasteiger partial charge in [-0.25, -0.2) is 0 Å². The molecule has 6 rings (SSSR count). The fraction of sp³-hybridized carbons (Fsp3) is 0.632. The zero-order valence-corrected chi connectivity index (χ0v) is 31.1. The molecule has 2 aromatic carbocycles. The van der Waals surface area contributed by atoms with Gasteiger partial charge in [-0.1, -0.05) is 75.9 Å². The number of ether oxygens (including phenoxy) is 2. The lowest BCUT2D eigenvalue weighted by Gasteiger charge is -2.45. The summed E-state index contributed by atoms with van der Waals surface area (Å²) in [5.74, 6) is 1.01. The Labute approximate surface area is 288 Å². The molecule has 2 aromatic rings. The van der Waals surface area contributed by atoms with Crippen LogP contribution in [0.15, 0.2) is 36.4 Å².